The van der Waals surface area contributed by atoms with Gasteiger partial charge in [-0.2, -0.15) is 0 Å². The van der Waals surface area contributed by atoms with Crippen LogP contribution < -0.4 is 5.56 Å². The van der Waals surface area contributed by atoms with Crippen LogP contribution in [-0.2, 0) is 19.5 Å². The molecule has 6 nitrogen and oxygen atoms in total. The number of aromatic nitrogens is 2. The van der Waals surface area contributed by atoms with Gasteiger partial charge in [0.1, 0.15) is 0 Å². The number of rotatable bonds is 3. The van der Waals surface area contributed by atoms with Crippen LogP contribution in [0.5, 0.6) is 11.5 Å². The number of benzene rings is 1. The van der Waals surface area contributed by atoms with Crippen molar-refractivity contribution in [3.05, 3.63) is 62.9 Å². The zero-order valence-corrected chi connectivity index (χ0v) is 14.2. The Labute approximate surface area is 148 Å². The number of H-pyrrole nitrogens is 1. The number of phenols is 2. The fraction of sp³-hybridized carbons (Fsp3) is 0.222. The van der Waals surface area contributed by atoms with Crippen molar-refractivity contribution in [1.82, 2.24) is 14.9 Å². The van der Waals surface area contributed by atoms with Crippen molar-refractivity contribution < 1.29 is 10.2 Å². The number of para-hydroxylation sites is 1. The molecule has 25 heavy (non-hydrogen) atoms. The van der Waals surface area contributed by atoms with Crippen molar-refractivity contribution in [2.75, 3.05) is 6.54 Å². The molecule has 0 fully saturated rings. The first-order valence-corrected chi connectivity index (χ1v) is 8.88. The van der Waals surface area contributed by atoms with Crippen LogP contribution >= 0.6 is 11.3 Å². The van der Waals surface area contributed by atoms with Gasteiger partial charge in [0.25, 0.3) is 5.56 Å². The molecule has 0 amide bonds. The Hall–Kier alpha value is -2.64. The van der Waals surface area contributed by atoms with E-state index in [1.54, 1.807) is 23.5 Å². The summed E-state index contributed by atoms with van der Waals surface area (Å²) in [6.07, 6.45) is 0.678. The Balaban J connectivity index is 1.59. The highest BCUT2D eigenvalue weighted by Crippen LogP contribution is 2.30. The molecule has 1 aromatic carbocycles. The second-order valence-corrected chi connectivity index (χ2v) is 7.01. The molecule has 0 saturated heterocycles. The molecule has 3 aromatic rings. The molecule has 3 heterocycles. The second-order valence-electron chi connectivity index (χ2n) is 6.06. The van der Waals surface area contributed by atoms with Crippen LogP contribution in [0.25, 0.3) is 10.7 Å². The van der Waals surface area contributed by atoms with E-state index >= 15 is 0 Å². The first-order valence-electron chi connectivity index (χ1n) is 8.00. The number of phenolic OH excluding ortho intramolecular Hbond substituents is 2. The van der Waals surface area contributed by atoms with Crippen LogP contribution in [0, 0.1) is 0 Å². The van der Waals surface area contributed by atoms with Gasteiger partial charge in [0.15, 0.2) is 17.3 Å². The Morgan fingerprint density at radius 3 is 2.92 bits per heavy atom. The molecule has 1 aliphatic heterocycles. The Bertz CT molecular complexity index is 966. The van der Waals surface area contributed by atoms with Crippen LogP contribution in [-0.4, -0.2) is 31.6 Å². The Kier molecular flexibility index (Phi) is 4.03. The molecule has 1 aliphatic rings. The lowest BCUT2D eigenvalue weighted by Crippen LogP contribution is -2.35. The zero-order chi connectivity index (χ0) is 17.4. The average Bonchev–Trinajstić information content (AvgIpc) is 3.14. The molecule has 0 aliphatic carbocycles. The van der Waals surface area contributed by atoms with Gasteiger partial charge in [-0.3, -0.25) is 9.69 Å². The summed E-state index contributed by atoms with van der Waals surface area (Å²) < 4.78 is 0. The summed E-state index contributed by atoms with van der Waals surface area (Å²) in [6, 6.07) is 8.79. The van der Waals surface area contributed by atoms with Gasteiger partial charge in [-0.05, 0) is 17.5 Å². The molecule has 4 rings (SSSR count). The van der Waals surface area contributed by atoms with Gasteiger partial charge in [0, 0.05) is 31.6 Å². The standard InChI is InChI=1S/C18H17N3O3S/c22-14-4-1-3-11(16(14)23)9-21-7-6-13-12(10-21)18(24)20-17(19-13)15-5-2-8-25-15/h1-5,8,22-23H,6-7,9-10H2,(H,19,20,24). The number of fused-ring (bicyclic) bond motifs is 1. The van der Waals surface area contributed by atoms with Crippen molar-refractivity contribution >= 4 is 11.3 Å². The first kappa shape index (κ1) is 15.9. The molecule has 2 aromatic heterocycles. The molecule has 128 valence electrons. The highest BCUT2D eigenvalue weighted by atomic mass is 32.1. The Morgan fingerprint density at radius 1 is 1.24 bits per heavy atom. The van der Waals surface area contributed by atoms with E-state index in [2.05, 4.69) is 14.9 Å². The van der Waals surface area contributed by atoms with E-state index in [0.29, 0.717) is 36.5 Å². The lowest BCUT2D eigenvalue weighted by molar-refractivity contribution is 0.238. The fourth-order valence-corrected chi connectivity index (χ4v) is 3.76. The highest BCUT2D eigenvalue weighted by Gasteiger charge is 2.22. The maximum Gasteiger partial charge on any atom is 0.255 e. The molecule has 0 bridgehead atoms. The van der Waals surface area contributed by atoms with Crippen molar-refractivity contribution in [3.8, 4) is 22.2 Å². The summed E-state index contributed by atoms with van der Waals surface area (Å²) in [4.78, 5) is 23.0. The molecule has 0 radical (unpaired) electrons. The van der Waals surface area contributed by atoms with Crippen molar-refractivity contribution in [1.29, 1.82) is 0 Å². The van der Waals surface area contributed by atoms with Gasteiger partial charge in [0.05, 0.1) is 16.1 Å². The van der Waals surface area contributed by atoms with Crippen LogP contribution in [0.4, 0.5) is 0 Å². The number of aromatic hydroxyl groups is 2. The fourth-order valence-electron chi connectivity index (χ4n) is 3.09. The number of thiophene rings is 1. The number of hydrogen-bond donors (Lipinski definition) is 3. The lowest BCUT2D eigenvalue weighted by atomic mass is 10.1. The molecule has 0 atom stereocenters. The molecule has 3 N–H and O–H groups in total. The van der Waals surface area contributed by atoms with E-state index in [0.717, 1.165) is 17.1 Å². The molecular formula is C18H17N3O3S. The second kappa shape index (κ2) is 6.34. The third-order valence-corrected chi connectivity index (χ3v) is 5.27. The quantitative estimate of drug-likeness (QED) is 0.628. The van der Waals surface area contributed by atoms with Gasteiger partial charge in [-0.1, -0.05) is 18.2 Å². The minimum atomic E-state index is -0.130. The largest absolute Gasteiger partial charge is 0.504 e. The zero-order valence-electron chi connectivity index (χ0n) is 13.4. The van der Waals surface area contributed by atoms with Crippen LogP contribution in [0.2, 0.25) is 0 Å². The lowest BCUT2D eigenvalue weighted by Gasteiger charge is -2.28. The molecule has 0 spiro atoms. The summed E-state index contributed by atoms with van der Waals surface area (Å²) in [6.45, 7) is 1.67. The van der Waals surface area contributed by atoms with Gasteiger partial charge in [-0.25, -0.2) is 4.98 Å². The summed E-state index contributed by atoms with van der Waals surface area (Å²) >= 11 is 1.55. The van der Waals surface area contributed by atoms with Crippen LogP contribution in [0.3, 0.4) is 0 Å². The number of nitrogens with one attached hydrogen (secondary N) is 1. The van der Waals surface area contributed by atoms with Crippen molar-refractivity contribution in [2.45, 2.75) is 19.5 Å². The third-order valence-electron chi connectivity index (χ3n) is 4.39. The minimum Gasteiger partial charge on any atom is -0.504 e. The minimum absolute atomic E-state index is 0.103. The van der Waals surface area contributed by atoms with E-state index in [9.17, 15) is 15.0 Å². The highest BCUT2D eigenvalue weighted by molar-refractivity contribution is 7.13. The van der Waals surface area contributed by atoms with Crippen LogP contribution in [0.1, 0.15) is 16.8 Å². The van der Waals surface area contributed by atoms with E-state index in [4.69, 9.17) is 0 Å². The van der Waals surface area contributed by atoms with Gasteiger partial charge in [-0.15, -0.1) is 11.3 Å². The number of nitrogens with zero attached hydrogens (tertiary/aromatic N) is 2. The predicted molar refractivity (Wildman–Crippen MR) is 95.8 cm³/mol. The number of aromatic amines is 1. The van der Waals surface area contributed by atoms with E-state index in [-0.39, 0.29) is 17.1 Å². The predicted octanol–water partition coefficient (Wildman–Crippen LogP) is 2.47. The SMILES string of the molecule is O=c1[nH]c(-c2cccs2)nc2c1CN(Cc1cccc(O)c1O)CC2. The molecular weight excluding hydrogens is 338 g/mol. The summed E-state index contributed by atoms with van der Waals surface area (Å²) in [5, 5.41) is 21.5. The average molecular weight is 355 g/mol. The maximum absolute atomic E-state index is 12.5. The van der Waals surface area contributed by atoms with Crippen LogP contribution in [0.15, 0.2) is 40.5 Å². The third kappa shape index (κ3) is 3.04. The monoisotopic (exact) mass is 355 g/mol. The number of hydrogen-bond acceptors (Lipinski definition) is 6. The summed E-state index contributed by atoms with van der Waals surface area (Å²) in [5.74, 6) is 0.390. The summed E-state index contributed by atoms with van der Waals surface area (Å²) in [7, 11) is 0. The topological polar surface area (TPSA) is 89.5 Å². The van der Waals surface area contributed by atoms with Gasteiger partial charge < -0.3 is 15.2 Å². The normalized spacial score (nSPS) is 14.4. The molecule has 0 saturated carbocycles. The van der Waals surface area contributed by atoms with E-state index in [1.165, 1.54) is 6.07 Å². The first-order chi connectivity index (χ1) is 12.1. The van der Waals surface area contributed by atoms with Gasteiger partial charge in [0.2, 0.25) is 0 Å². The molecule has 7 heteroatoms. The maximum atomic E-state index is 12.5. The van der Waals surface area contributed by atoms with Crippen molar-refractivity contribution in [3.63, 3.8) is 0 Å². The van der Waals surface area contributed by atoms with E-state index in [1.807, 2.05) is 17.5 Å². The molecule has 0 unspecified atom stereocenters. The Morgan fingerprint density at radius 2 is 2.12 bits per heavy atom. The van der Waals surface area contributed by atoms with E-state index < -0.39 is 0 Å². The van der Waals surface area contributed by atoms with Gasteiger partial charge >= 0.3 is 0 Å². The summed E-state index contributed by atoms with van der Waals surface area (Å²) in [5.41, 5.74) is 2.04. The smallest absolute Gasteiger partial charge is 0.255 e. The van der Waals surface area contributed by atoms with Crippen molar-refractivity contribution in [2.24, 2.45) is 0 Å².